The first kappa shape index (κ1) is 12.5. The van der Waals surface area contributed by atoms with E-state index in [4.69, 9.17) is 9.47 Å². The fourth-order valence-corrected chi connectivity index (χ4v) is 2.68. The zero-order chi connectivity index (χ0) is 12.1. The molecule has 1 saturated heterocycles. The fourth-order valence-electron chi connectivity index (χ4n) is 2.03. The van der Waals surface area contributed by atoms with Crippen molar-refractivity contribution in [1.82, 2.24) is 5.32 Å². The van der Waals surface area contributed by atoms with E-state index < -0.39 is 5.54 Å². The van der Waals surface area contributed by atoms with Crippen molar-refractivity contribution in [3.8, 4) is 0 Å². The monoisotopic (exact) mass is 255 g/mol. The molecule has 2 rings (SSSR count). The van der Waals surface area contributed by atoms with Crippen molar-refractivity contribution in [3.05, 3.63) is 22.4 Å². The third-order valence-electron chi connectivity index (χ3n) is 3.00. The predicted molar refractivity (Wildman–Crippen MR) is 66.0 cm³/mol. The third kappa shape index (κ3) is 2.86. The Hall–Kier alpha value is -0.910. The number of nitrogens with one attached hydrogen (secondary N) is 1. The Morgan fingerprint density at radius 2 is 2.59 bits per heavy atom. The quantitative estimate of drug-likeness (QED) is 0.829. The Bertz CT molecular complexity index is 358. The average Bonchev–Trinajstić information content (AvgIpc) is 2.89. The van der Waals surface area contributed by atoms with E-state index in [1.165, 1.54) is 12.0 Å². The molecule has 1 aromatic rings. The fraction of sp³-hybridized carbons (Fsp3) is 0.583. The summed E-state index contributed by atoms with van der Waals surface area (Å²) < 4.78 is 10.3. The van der Waals surface area contributed by atoms with E-state index in [1.807, 2.05) is 17.5 Å². The van der Waals surface area contributed by atoms with Crippen molar-refractivity contribution >= 4 is 17.3 Å². The Labute approximate surface area is 105 Å². The van der Waals surface area contributed by atoms with Gasteiger partial charge in [-0.3, -0.25) is 5.32 Å². The van der Waals surface area contributed by atoms with Gasteiger partial charge in [-0.05, 0) is 24.3 Å². The summed E-state index contributed by atoms with van der Waals surface area (Å²) in [7, 11) is 1.42. The van der Waals surface area contributed by atoms with E-state index in [0.29, 0.717) is 13.2 Å². The molecule has 0 aliphatic carbocycles. The van der Waals surface area contributed by atoms with E-state index in [-0.39, 0.29) is 5.97 Å². The summed E-state index contributed by atoms with van der Waals surface area (Å²) in [6.45, 7) is 1.79. The van der Waals surface area contributed by atoms with Crippen LogP contribution in [-0.2, 0) is 20.8 Å². The van der Waals surface area contributed by atoms with E-state index in [1.54, 1.807) is 11.3 Å². The van der Waals surface area contributed by atoms with Crippen LogP contribution in [0.25, 0.3) is 0 Å². The Balaban J connectivity index is 2.02. The number of carbonyl (C=O) groups is 1. The lowest BCUT2D eigenvalue weighted by Gasteiger charge is -2.35. The number of hydrogen-bond acceptors (Lipinski definition) is 5. The summed E-state index contributed by atoms with van der Waals surface area (Å²) >= 11 is 1.67. The zero-order valence-electron chi connectivity index (χ0n) is 9.90. The van der Waals surface area contributed by atoms with Crippen molar-refractivity contribution in [2.24, 2.45) is 0 Å². The zero-order valence-corrected chi connectivity index (χ0v) is 10.7. The number of hydrogen-bond donors (Lipinski definition) is 1. The minimum Gasteiger partial charge on any atom is -0.468 e. The Kier molecular flexibility index (Phi) is 4.15. The van der Waals surface area contributed by atoms with Gasteiger partial charge in [-0.2, -0.15) is 0 Å². The van der Waals surface area contributed by atoms with E-state index >= 15 is 0 Å². The van der Waals surface area contributed by atoms with Gasteiger partial charge in [-0.25, -0.2) is 4.79 Å². The molecule has 1 N–H and O–H groups in total. The second kappa shape index (κ2) is 5.62. The lowest BCUT2D eigenvalue weighted by Crippen LogP contribution is -2.57. The van der Waals surface area contributed by atoms with Gasteiger partial charge in [-0.1, -0.05) is 6.07 Å². The highest BCUT2D eigenvalue weighted by atomic mass is 32.1. The summed E-state index contributed by atoms with van der Waals surface area (Å²) in [6.07, 6.45) is 1.65. The molecule has 0 radical (unpaired) electrons. The average molecular weight is 255 g/mol. The van der Waals surface area contributed by atoms with Crippen LogP contribution in [0.4, 0.5) is 0 Å². The molecule has 0 saturated carbocycles. The minimum atomic E-state index is -0.670. The van der Waals surface area contributed by atoms with Gasteiger partial charge in [0.2, 0.25) is 0 Å². The number of esters is 1. The van der Waals surface area contributed by atoms with Crippen molar-refractivity contribution in [1.29, 1.82) is 0 Å². The second-order valence-electron chi connectivity index (χ2n) is 4.16. The normalized spacial score (nSPS) is 24.5. The van der Waals surface area contributed by atoms with Gasteiger partial charge in [0.25, 0.3) is 0 Å². The second-order valence-corrected chi connectivity index (χ2v) is 5.19. The van der Waals surface area contributed by atoms with Gasteiger partial charge < -0.3 is 9.47 Å². The number of carbonyl (C=O) groups excluding carboxylic acids is 1. The molecule has 17 heavy (non-hydrogen) atoms. The van der Waals surface area contributed by atoms with Crippen LogP contribution in [0.1, 0.15) is 17.7 Å². The largest absolute Gasteiger partial charge is 0.468 e. The third-order valence-corrected chi connectivity index (χ3v) is 3.87. The van der Waals surface area contributed by atoms with Gasteiger partial charge in [0.1, 0.15) is 5.54 Å². The lowest BCUT2D eigenvalue weighted by molar-refractivity contribution is -0.154. The molecule has 0 bridgehead atoms. The molecule has 4 nitrogen and oxygen atoms in total. The van der Waals surface area contributed by atoms with Crippen LogP contribution in [0.15, 0.2) is 17.5 Å². The predicted octanol–water partition coefficient (Wildman–Crippen LogP) is 1.56. The molecule has 5 heteroatoms. The van der Waals surface area contributed by atoms with Crippen molar-refractivity contribution < 1.29 is 14.3 Å². The van der Waals surface area contributed by atoms with Crippen LogP contribution in [-0.4, -0.2) is 31.8 Å². The Morgan fingerprint density at radius 3 is 3.18 bits per heavy atom. The highest BCUT2D eigenvalue weighted by Gasteiger charge is 2.41. The highest BCUT2D eigenvalue weighted by molar-refractivity contribution is 7.09. The van der Waals surface area contributed by atoms with Crippen molar-refractivity contribution in [2.75, 3.05) is 20.3 Å². The topological polar surface area (TPSA) is 47.6 Å². The molecular weight excluding hydrogens is 238 g/mol. The smallest absolute Gasteiger partial charge is 0.328 e. The molecule has 0 amide bonds. The number of thiophene rings is 1. The van der Waals surface area contributed by atoms with Crippen LogP contribution in [0.3, 0.4) is 0 Å². The maximum atomic E-state index is 11.9. The van der Waals surface area contributed by atoms with E-state index in [0.717, 1.165) is 19.4 Å². The molecule has 1 atom stereocenters. The maximum Gasteiger partial charge on any atom is 0.328 e. The first-order chi connectivity index (χ1) is 8.27. The SMILES string of the molecule is COC(=O)C1(NCc2cccs2)CCCOC1. The molecule has 0 aromatic carbocycles. The highest BCUT2D eigenvalue weighted by Crippen LogP contribution is 2.22. The number of rotatable bonds is 4. The van der Waals surface area contributed by atoms with Crippen LogP contribution in [0.5, 0.6) is 0 Å². The first-order valence-corrected chi connectivity index (χ1v) is 6.58. The Morgan fingerprint density at radius 1 is 1.71 bits per heavy atom. The van der Waals surface area contributed by atoms with Crippen molar-refractivity contribution in [3.63, 3.8) is 0 Å². The van der Waals surface area contributed by atoms with Gasteiger partial charge >= 0.3 is 5.97 Å². The molecule has 1 aromatic heterocycles. The molecule has 1 aliphatic heterocycles. The van der Waals surface area contributed by atoms with Crippen LogP contribution in [0, 0.1) is 0 Å². The van der Waals surface area contributed by atoms with Gasteiger partial charge in [0.15, 0.2) is 0 Å². The first-order valence-electron chi connectivity index (χ1n) is 5.70. The van der Waals surface area contributed by atoms with Crippen LogP contribution in [0.2, 0.25) is 0 Å². The number of ether oxygens (including phenoxy) is 2. The van der Waals surface area contributed by atoms with Gasteiger partial charge in [0, 0.05) is 18.0 Å². The summed E-state index contributed by atoms with van der Waals surface area (Å²) in [4.78, 5) is 13.1. The molecule has 1 aliphatic rings. The summed E-state index contributed by atoms with van der Waals surface area (Å²) in [6, 6.07) is 4.05. The molecule has 0 spiro atoms. The minimum absolute atomic E-state index is 0.228. The van der Waals surface area contributed by atoms with E-state index in [2.05, 4.69) is 5.32 Å². The van der Waals surface area contributed by atoms with Crippen LogP contribution < -0.4 is 5.32 Å². The molecule has 94 valence electrons. The van der Waals surface area contributed by atoms with Crippen molar-refractivity contribution in [2.45, 2.75) is 24.9 Å². The molecular formula is C12H17NO3S. The molecule has 1 unspecified atom stereocenters. The van der Waals surface area contributed by atoms with E-state index in [9.17, 15) is 4.79 Å². The summed E-state index contributed by atoms with van der Waals surface area (Å²) in [5.41, 5.74) is -0.670. The summed E-state index contributed by atoms with van der Waals surface area (Å²) in [5, 5.41) is 5.33. The summed E-state index contributed by atoms with van der Waals surface area (Å²) in [5.74, 6) is -0.228. The molecule has 2 heterocycles. The number of methoxy groups -OCH3 is 1. The standard InChI is InChI=1S/C12H17NO3S/c1-15-11(14)12(5-3-6-16-9-12)13-8-10-4-2-7-17-10/h2,4,7,13H,3,5-6,8-9H2,1H3. The van der Waals surface area contributed by atoms with Gasteiger partial charge in [-0.15, -0.1) is 11.3 Å². The lowest BCUT2D eigenvalue weighted by atomic mass is 9.92. The molecule has 1 fully saturated rings. The van der Waals surface area contributed by atoms with Crippen LogP contribution >= 0.6 is 11.3 Å². The maximum absolute atomic E-state index is 11.9. The van der Waals surface area contributed by atoms with Gasteiger partial charge in [0.05, 0.1) is 13.7 Å².